The van der Waals surface area contributed by atoms with Crippen molar-refractivity contribution in [3.8, 4) is 5.88 Å². The number of hydrogen-bond donors (Lipinski definition) is 1. The van der Waals surface area contributed by atoms with Crippen molar-refractivity contribution in [2.75, 3.05) is 43.5 Å². The molecule has 1 N–H and O–H groups in total. The minimum atomic E-state index is -0.358. The van der Waals surface area contributed by atoms with Crippen LogP contribution in [0.1, 0.15) is 0 Å². The lowest BCUT2D eigenvalue weighted by molar-refractivity contribution is 0.208. The highest BCUT2D eigenvalue weighted by molar-refractivity contribution is 5.88. The van der Waals surface area contributed by atoms with Gasteiger partial charge in [-0.2, -0.15) is 0 Å². The molecule has 0 saturated carbocycles. The quantitative estimate of drug-likeness (QED) is 0.914. The van der Waals surface area contributed by atoms with Gasteiger partial charge in [-0.1, -0.05) is 0 Å². The molecule has 1 aliphatic heterocycles. The van der Waals surface area contributed by atoms with Gasteiger partial charge in [0, 0.05) is 38.4 Å². The monoisotopic (exact) mass is 332 g/mol. The number of methoxy groups -OCH3 is 1. The lowest BCUT2D eigenvalue weighted by Gasteiger charge is -2.35. The molecule has 0 atom stereocenters. The molecule has 2 amide bonds. The molecular weight excluding hydrogens is 315 g/mol. The van der Waals surface area contributed by atoms with Crippen LogP contribution in [-0.2, 0) is 0 Å². The summed E-state index contributed by atoms with van der Waals surface area (Å²) in [6.45, 7) is 1.94. The Kier molecular flexibility index (Phi) is 4.69. The summed E-state index contributed by atoms with van der Waals surface area (Å²) in [4.78, 5) is 27.7. The SMILES string of the molecule is COc1cc(NC(=O)N2CCN(c3ncccc3F)CC2)ncn1. The van der Waals surface area contributed by atoms with Crippen LogP contribution >= 0.6 is 0 Å². The lowest BCUT2D eigenvalue weighted by Crippen LogP contribution is -2.50. The number of carbonyl (C=O) groups excluding carboxylic acids is 1. The summed E-state index contributed by atoms with van der Waals surface area (Å²) in [5, 5.41) is 2.70. The van der Waals surface area contributed by atoms with E-state index in [0.717, 1.165) is 0 Å². The first kappa shape index (κ1) is 15.9. The van der Waals surface area contributed by atoms with Crippen LogP contribution in [0.4, 0.5) is 20.8 Å². The number of urea groups is 1. The third-order valence-electron chi connectivity index (χ3n) is 3.69. The van der Waals surface area contributed by atoms with Crippen LogP contribution in [0.5, 0.6) is 5.88 Å². The third kappa shape index (κ3) is 3.50. The number of piperazine rings is 1. The number of hydrogen-bond acceptors (Lipinski definition) is 6. The van der Waals surface area contributed by atoms with Gasteiger partial charge >= 0.3 is 6.03 Å². The predicted octanol–water partition coefficient (Wildman–Crippen LogP) is 1.37. The fourth-order valence-electron chi connectivity index (χ4n) is 2.44. The van der Waals surface area contributed by atoms with E-state index in [-0.39, 0.29) is 11.8 Å². The topological polar surface area (TPSA) is 83.5 Å². The maximum atomic E-state index is 13.8. The molecule has 126 valence electrons. The van der Waals surface area contributed by atoms with E-state index in [4.69, 9.17) is 4.74 Å². The number of pyridine rings is 1. The number of carbonyl (C=O) groups is 1. The van der Waals surface area contributed by atoms with Crippen LogP contribution in [-0.4, -0.2) is 59.2 Å². The van der Waals surface area contributed by atoms with Crippen LogP contribution in [0.2, 0.25) is 0 Å². The van der Waals surface area contributed by atoms with Gasteiger partial charge in [-0.05, 0) is 12.1 Å². The van der Waals surface area contributed by atoms with Crippen LogP contribution in [0.15, 0.2) is 30.7 Å². The summed E-state index contributed by atoms with van der Waals surface area (Å²) in [7, 11) is 1.49. The molecule has 8 nitrogen and oxygen atoms in total. The Morgan fingerprint density at radius 1 is 1.25 bits per heavy atom. The van der Waals surface area contributed by atoms with Crippen LogP contribution in [0.25, 0.3) is 0 Å². The largest absolute Gasteiger partial charge is 0.481 e. The number of amides is 2. The minimum Gasteiger partial charge on any atom is -0.481 e. The first-order valence-electron chi connectivity index (χ1n) is 7.45. The van der Waals surface area contributed by atoms with Gasteiger partial charge in [0.2, 0.25) is 5.88 Å². The van der Waals surface area contributed by atoms with Gasteiger partial charge < -0.3 is 14.5 Å². The zero-order valence-electron chi connectivity index (χ0n) is 13.1. The predicted molar refractivity (Wildman–Crippen MR) is 85.6 cm³/mol. The van der Waals surface area contributed by atoms with Crippen LogP contribution in [0.3, 0.4) is 0 Å². The number of ether oxygens (including phenoxy) is 1. The van der Waals surface area contributed by atoms with E-state index in [1.54, 1.807) is 17.2 Å². The van der Waals surface area contributed by atoms with Gasteiger partial charge in [-0.3, -0.25) is 5.32 Å². The van der Waals surface area contributed by atoms with Gasteiger partial charge in [-0.15, -0.1) is 0 Å². The normalized spacial score (nSPS) is 14.4. The van der Waals surface area contributed by atoms with Crippen molar-refractivity contribution >= 4 is 17.7 Å². The molecular formula is C15H17FN6O2. The Morgan fingerprint density at radius 2 is 2.04 bits per heavy atom. The number of nitrogens with one attached hydrogen (secondary N) is 1. The van der Waals surface area contributed by atoms with Crippen LogP contribution < -0.4 is 15.0 Å². The van der Waals surface area contributed by atoms with E-state index >= 15 is 0 Å². The Hall–Kier alpha value is -2.97. The molecule has 3 heterocycles. The number of nitrogens with zero attached hydrogens (tertiary/aromatic N) is 5. The average molecular weight is 332 g/mol. The number of halogens is 1. The molecule has 0 unspecified atom stereocenters. The summed E-state index contributed by atoms with van der Waals surface area (Å²) >= 11 is 0. The molecule has 0 spiro atoms. The Labute approximate surface area is 138 Å². The average Bonchev–Trinajstić information content (AvgIpc) is 2.62. The van der Waals surface area contributed by atoms with Crippen molar-refractivity contribution in [3.63, 3.8) is 0 Å². The number of aromatic nitrogens is 3. The second-order valence-electron chi connectivity index (χ2n) is 5.16. The fourth-order valence-corrected chi connectivity index (χ4v) is 2.44. The van der Waals surface area contributed by atoms with Gasteiger partial charge in [0.1, 0.15) is 12.1 Å². The van der Waals surface area contributed by atoms with Crippen molar-refractivity contribution in [2.45, 2.75) is 0 Å². The molecule has 0 bridgehead atoms. The third-order valence-corrected chi connectivity index (χ3v) is 3.69. The summed E-state index contributed by atoms with van der Waals surface area (Å²) in [5.41, 5.74) is 0. The van der Waals surface area contributed by atoms with E-state index < -0.39 is 0 Å². The maximum absolute atomic E-state index is 13.8. The molecule has 0 aliphatic carbocycles. The summed E-state index contributed by atoms with van der Waals surface area (Å²) in [6.07, 6.45) is 2.87. The highest BCUT2D eigenvalue weighted by Crippen LogP contribution is 2.18. The van der Waals surface area contributed by atoms with Crippen LogP contribution in [0, 0.1) is 5.82 Å². The molecule has 3 rings (SSSR count). The molecule has 9 heteroatoms. The Balaban J connectivity index is 1.58. The van der Waals surface area contributed by atoms with Crippen molar-refractivity contribution in [3.05, 3.63) is 36.5 Å². The van der Waals surface area contributed by atoms with Crippen molar-refractivity contribution in [2.24, 2.45) is 0 Å². The standard InChI is InChI=1S/C15H17FN6O2/c1-24-13-9-12(18-10-19-13)20-15(23)22-7-5-21(6-8-22)14-11(16)3-2-4-17-14/h2-4,9-10H,5-8H2,1H3,(H,18,19,20,23). The smallest absolute Gasteiger partial charge is 0.323 e. The zero-order valence-corrected chi connectivity index (χ0v) is 13.1. The zero-order chi connectivity index (χ0) is 16.9. The Morgan fingerprint density at radius 3 is 2.75 bits per heavy atom. The highest BCUT2D eigenvalue weighted by Gasteiger charge is 2.23. The van der Waals surface area contributed by atoms with E-state index in [2.05, 4.69) is 20.3 Å². The first-order chi connectivity index (χ1) is 11.7. The Bertz CT molecular complexity index is 721. The summed E-state index contributed by atoms with van der Waals surface area (Å²) in [5.74, 6) is 0.697. The molecule has 0 aromatic carbocycles. The molecule has 2 aromatic rings. The molecule has 2 aromatic heterocycles. The number of anilines is 2. The highest BCUT2D eigenvalue weighted by atomic mass is 19.1. The summed E-state index contributed by atoms with van der Waals surface area (Å²) in [6, 6.07) is 4.21. The van der Waals surface area contributed by atoms with Gasteiger partial charge in [0.15, 0.2) is 11.6 Å². The summed E-state index contributed by atoms with van der Waals surface area (Å²) < 4.78 is 18.8. The second-order valence-corrected chi connectivity index (χ2v) is 5.16. The van der Waals surface area contributed by atoms with Crippen molar-refractivity contribution in [1.29, 1.82) is 0 Å². The minimum absolute atomic E-state index is 0.267. The van der Waals surface area contributed by atoms with Crippen molar-refractivity contribution in [1.82, 2.24) is 19.9 Å². The molecule has 1 saturated heterocycles. The molecule has 1 aliphatic rings. The molecule has 24 heavy (non-hydrogen) atoms. The molecule has 1 fully saturated rings. The van der Waals surface area contributed by atoms with Crippen molar-refractivity contribution < 1.29 is 13.9 Å². The van der Waals surface area contributed by atoms with E-state index in [9.17, 15) is 9.18 Å². The molecule has 0 radical (unpaired) electrons. The van der Waals surface area contributed by atoms with E-state index in [1.165, 1.54) is 25.6 Å². The first-order valence-corrected chi connectivity index (χ1v) is 7.45. The van der Waals surface area contributed by atoms with Gasteiger partial charge in [0.25, 0.3) is 0 Å². The number of rotatable bonds is 3. The maximum Gasteiger partial charge on any atom is 0.323 e. The second kappa shape index (κ2) is 7.07. The van der Waals surface area contributed by atoms with Gasteiger partial charge in [-0.25, -0.2) is 24.1 Å². The lowest BCUT2D eigenvalue weighted by atomic mass is 10.3. The van der Waals surface area contributed by atoms with Gasteiger partial charge in [0.05, 0.1) is 7.11 Å². The van der Waals surface area contributed by atoms with E-state index in [0.29, 0.717) is 43.7 Å². The van der Waals surface area contributed by atoms with E-state index in [1.807, 2.05) is 4.90 Å². The fraction of sp³-hybridized carbons (Fsp3) is 0.333.